The van der Waals surface area contributed by atoms with Gasteiger partial charge in [0.1, 0.15) is 6.04 Å². The first-order valence-corrected chi connectivity index (χ1v) is 11.0. The Kier molecular flexibility index (Phi) is 6.69. The first-order chi connectivity index (χ1) is 15.9. The Morgan fingerprint density at radius 2 is 2.00 bits per heavy atom. The number of carbonyl (C=O) groups is 3. The Balaban J connectivity index is 1.33. The van der Waals surface area contributed by atoms with E-state index in [1.54, 1.807) is 24.3 Å². The van der Waals surface area contributed by atoms with E-state index >= 15 is 0 Å². The average Bonchev–Trinajstić information content (AvgIpc) is 3.13. The summed E-state index contributed by atoms with van der Waals surface area (Å²) >= 11 is 0. The van der Waals surface area contributed by atoms with Gasteiger partial charge in [0.25, 0.3) is 5.91 Å². The second kappa shape index (κ2) is 9.83. The number of imidazole rings is 1. The number of rotatable bonds is 8. The lowest BCUT2D eigenvalue weighted by molar-refractivity contribution is -0.118. The number of amides is 3. The second-order valence-electron chi connectivity index (χ2n) is 8.45. The summed E-state index contributed by atoms with van der Waals surface area (Å²) in [6, 6.07) is 11.7. The Morgan fingerprint density at radius 1 is 1.18 bits per heavy atom. The van der Waals surface area contributed by atoms with Crippen LogP contribution in [0.5, 0.6) is 0 Å². The molecule has 0 fully saturated rings. The van der Waals surface area contributed by atoms with Crippen molar-refractivity contribution in [3.05, 3.63) is 54.4 Å². The molecule has 0 radical (unpaired) electrons. The number of carbonyl (C=O) groups excluding carboxylic acids is 3. The van der Waals surface area contributed by atoms with Crippen LogP contribution < -0.4 is 16.0 Å². The number of benzene rings is 2. The zero-order chi connectivity index (χ0) is 23.4. The Morgan fingerprint density at radius 3 is 2.82 bits per heavy atom. The number of fused-ring (bicyclic) bond motifs is 2. The van der Waals surface area contributed by atoms with Gasteiger partial charge in [-0.05, 0) is 63.8 Å². The molecule has 4 rings (SSSR count). The minimum atomic E-state index is -0.781. The zero-order valence-corrected chi connectivity index (χ0v) is 18.8. The molecule has 2 aromatic carbocycles. The quantitative estimate of drug-likeness (QED) is 0.491. The summed E-state index contributed by atoms with van der Waals surface area (Å²) in [6.45, 7) is 1.87. The van der Waals surface area contributed by atoms with Crippen LogP contribution in [0.15, 0.2) is 48.8 Å². The summed E-state index contributed by atoms with van der Waals surface area (Å²) in [5.41, 5.74) is 3.36. The number of nitrogens with one attached hydrogen (secondary N) is 3. The van der Waals surface area contributed by atoms with E-state index < -0.39 is 6.04 Å². The van der Waals surface area contributed by atoms with Crippen LogP contribution in [0.3, 0.4) is 0 Å². The molecule has 1 atom stereocenters. The summed E-state index contributed by atoms with van der Waals surface area (Å²) in [7, 11) is 4.10. The van der Waals surface area contributed by atoms with Crippen molar-refractivity contribution in [1.82, 2.24) is 19.8 Å². The van der Waals surface area contributed by atoms with Crippen LogP contribution in [0.25, 0.3) is 11.0 Å². The minimum Gasteiger partial charge on any atom is -0.340 e. The molecule has 0 aliphatic carbocycles. The molecular formula is C24H28N6O3. The molecule has 0 saturated heterocycles. The predicted octanol–water partition coefficient (Wildman–Crippen LogP) is 2.46. The molecule has 1 aromatic heterocycles. The molecular weight excluding hydrogens is 420 g/mol. The maximum atomic E-state index is 12.5. The van der Waals surface area contributed by atoms with Crippen molar-refractivity contribution in [2.24, 2.45) is 0 Å². The van der Waals surface area contributed by atoms with Gasteiger partial charge >= 0.3 is 0 Å². The van der Waals surface area contributed by atoms with Gasteiger partial charge in [-0.15, -0.1) is 0 Å². The van der Waals surface area contributed by atoms with Crippen molar-refractivity contribution >= 4 is 40.1 Å². The lowest BCUT2D eigenvalue weighted by Crippen LogP contribution is -2.41. The van der Waals surface area contributed by atoms with Crippen LogP contribution in [0.4, 0.5) is 11.4 Å². The zero-order valence-electron chi connectivity index (χ0n) is 18.8. The molecule has 1 unspecified atom stereocenters. The lowest BCUT2D eigenvalue weighted by atomic mass is 10.1. The van der Waals surface area contributed by atoms with E-state index in [1.165, 1.54) is 0 Å². The van der Waals surface area contributed by atoms with E-state index in [1.807, 2.05) is 24.5 Å². The molecule has 33 heavy (non-hydrogen) atoms. The van der Waals surface area contributed by atoms with Gasteiger partial charge < -0.3 is 25.4 Å². The molecule has 2 heterocycles. The highest BCUT2D eigenvalue weighted by atomic mass is 16.2. The highest BCUT2D eigenvalue weighted by Gasteiger charge is 2.27. The van der Waals surface area contributed by atoms with E-state index in [2.05, 4.69) is 44.5 Å². The predicted molar refractivity (Wildman–Crippen MR) is 127 cm³/mol. The van der Waals surface area contributed by atoms with Gasteiger partial charge in [0.05, 0.1) is 28.6 Å². The fraction of sp³-hybridized carbons (Fsp3) is 0.333. The van der Waals surface area contributed by atoms with Crippen LogP contribution in [-0.4, -0.2) is 58.9 Å². The molecule has 9 heteroatoms. The standard InChI is InChI=1S/C24H28N6O3/c1-29(2)12-5-13-30-15-25-20-14-16(8-10-21(20)30)26-22(31)11-9-19-24(33)27-18-7-4-3-6-17(18)23(32)28-19/h3-4,6-8,10,14-15,19H,5,9,11-13H2,1-2H3,(H,26,31)(H,27,33)(H,28,32). The number of nitrogens with zero attached hydrogens (tertiary/aromatic N) is 3. The van der Waals surface area contributed by atoms with Crippen molar-refractivity contribution < 1.29 is 14.4 Å². The minimum absolute atomic E-state index is 0.0890. The van der Waals surface area contributed by atoms with E-state index in [9.17, 15) is 14.4 Å². The molecule has 3 aromatic rings. The summed E-state index contributed by atoms with van der Waals surface area (Å²) in [6.07, 6.45) is 3.12. The van der Waals surface area contributed by atoms with Crippen molar-refractivity contribution in [3.8, 4) is 0 Å². The molecule has 9 nitrogen and oxygen atoms in total. The lowest BCUT2D eigenvalue weighted by Gasteiger charge is -2.14. The normalized spacial score (nSPS) is 15.7. The third-order valence-corrected chi connectivity index (χ3v) is 5.62. The van der Waals surface area contributed by atoms with Crippen molar-refractivity contribution in [3.63, 3.8) is 0 Å². The van der Waals surface area contributed by atoms with Gasteiger partial charge in [0.15, 0.2) is 0 Å². The third-order valence-electron chi connectivity index (χ3n) is 5.62. The van der Waals surface area contributed by atoms with Gasteiger partial charge in [0, 0.05) is 18.7 Å². The van der Waals surface area contributed by atoms with Crippen LogP contribution in [-0.2, 0) is 16.1 Å². The molecule has 1 aliphatic rings. The largest absolute Gasteiger partial charge is 0.340 e. The monoisotopic (exact) mass is 448 g/mol. The molecule has 0 saturated carbocycles. The summed E-state index contributed by atoms with van der Waals surface area (Å²) in [5, 5.41) is 8.32. The molecule has 1 aliphatic heterocycles. The summed E-state index contributed by atoms with van der Waals surface area (Å²) in [5.74, 6) is -0.896. The average molecular weight is 449 g/mol. The fourth-order valence-electron chi connectivity index (χ4n) is 3.89. The Hall–Kier alpha value is -3.72. The van der Waals surface area contributed by atoms with Crippen LogP contribution in [0, 0.1) is 0 Å². The van der Waals surface area contributed by atoms with E-state index in [4.69, 9.17) is 0 Å². The Bertz CT molecular complexity index is 1190. The smallest absolute Gasteiger partial charge is 0.254 e. The fourth-order valence-corrected chi connectivity index (χ4v) is 3.89. The maximum Gasteiger partial charge on any atom is 0.254 e. The summed E-state index contributed by atoms with van der Waals surface area (Å²) < 4.78 is 2.11. The number of para-hydroxylation sites is 1. The number of aryl methyl sites for hydroxylation is 1. The highest BCUT2D eigenvalue weighted by molar-refractivity contribution is 6.10. The van der Waals surface area contributed by atoms with Crippen molar-refractivity contribution in [2.75, 3.05) is 31.3 Å². The van der Waals surface area contributed by atoms with E-state index in [0.29, 0.717) is 16.9 Å². The van der Waals surface area contributed by atoms with Gasteiger partial charge in [-0.1, -0.05) is 12.1 Å². The molecule has 3 N–H and O–H groups in total. The van der Waals surface area contributed by atoms with Crippen LogP contribution in [0.1, 0.15) is 29.6 Å². The molecule has 0 spiro atoms. The van der Waals surface area contributed by atoms with Crippen LogP contribution >= 0.6 is 0 Å². The highest BCUT2D eigenvalue weighted by Crippen LogP contribution is 2.21. The van der Waals surface area contributed by atoms with E-state index in [0.717, 1.165) is 30.5 Å². The second-order valence-corrected chi connectivity index (χ2v) is 8.45. The number of anilines is 2. The molecule has 3 amide bonds. The van der Waals surface area contributed by atoms with E-state index in [-0.39, 0.29) is 30.6 Å². The summed E-state index contributed by atoms with van der Waals surface area (Å²) in [4.78, 5) is 44.0. The van der Waals surface area contributed by atoms with Gasteiger partial charge in [0.2, 0.25) is 11.8 Å². The topological polar surface area (TPSA) is 108 Å². The van der Waals surface area contributed by atoms with Crippen LogP contribution in [0.2, 0.25) is 0 Å². The first kappa shape index (κ1) is 22.5. The maximum absolute atomic E-state index is 12.5. The Labute approximate surface area is 192 Å². The van der Waals surface area contributed by atoms with Gasteiger partial charge in [-0.3, -0.25) is 14.4 Å². The number of hydrogen-bond acceptors (Lipinski definition) is 5. The molecule has 172 valence electrons. The SMILES string of the molecule is CN(C)CCCn1cnc2cc(NC(=O)CCC3NC(=O)c4ccccc4NC3=O)ccc21. The first-order valence-electron chi connectivity index (χ1n) is 11.0. The molecule has 0 bridgehead atoms. The number of aromatic nitrogens is 2. The third kappa shape index (κ3) is 5.38. The van der Waals surface area contributed by atoms with Gasteiger partial charge in [-0.25, -0.2) is 4.98 Å². The van der Waals surface area contributed by atoms with Crippen molar-refractivity contribution in [1.29, 1.82) is 0 Å². The van der Waals surface area contributed by atoms with Gasteiger partial charge in [-0.2, -0.15) is 0 Å². The van der Waals surface area contributed by atoms with Crippen molar-refractivity contribution in [2.45, 2.75) is 31.8 Å². The number of hydrogen-bond donors (Lipinski definition) is 3.